The van der Waals surface area contributed by atoms with Gasteiger partial charge in [0.15, 0.2) is 0 Å². The molecule has 0 aliphatic carbocycles. The quantitative estimate of drug-likeness (QED) is 0.452. The highest BCUT2D eigenvalue weighted by Gasteiger charge is 1.97. The van der Waals surface area contributed by atoms with Crippen molar-refractivity contribution < 1.29 is 4.74 Å². The number of benzene rings is 2. The van der Waals surface area contributed by atoms with Gasteiger partial charge in [-0.15, -0.1) is 0 Å². The minimum atomic E-state index is 0.934. The Morgan fingerprint density at radius 2 is 1.45 bits per heavy atom. The lowest BCUT2D eigenvalue weighted by molar-refractivity contribution is 0.126. The third kappa shape index (κ3) is 6.19. The van der Waals surface area contributed by atoms with E-state index in [2.05, 4.69) is 49.4 Å². The molecule has 0 unspecified atom stereocenters. The van der Waals surface area contributed by atoms with Gasteiger partial charge in [0.2, 0.25) is 0 Å². The summed E-state index contributed by atoms with van der Waals surface area (Å²) in [4.78, 5) is 0. The Morgan fingerprint density at radius 3 is 2.23 bits per heavy atom. The fourth-order valence-electron chi connectivity index (χ4n) is 2.84. The molecular formula is C21H30O. The molecule has 0 aliphatic heterocycles. The molecular weight excluding hydrogens is 268 g/mol. The van der Waals surface area contributed by atoms with Crippen molar-refractivity contribution >= 4 is 10.8 Å². The molecule has 0 saturated heterocycles. The monoisotopic (exact) mass is 298 g/mol. The predicted molar refractivity (Wildman–Crippen MR) is 96.5 cm³/mol. The number of unbranched alkanes of at least 4 members (excludes halogenated alkanes) is 5. The zero-order valence-electron chi connectivity index (χ0n) is 14.0. The van der Waals surface area contributed by atoms with Crippen molar-refractivity contribution in [1.29, 1.82) is 0 Å². The molecule has 2 aromatic carbocycles. The molecule has 1 heteroatoms. The van der Waals surface area contributed by atoms with Crippen LogP contribution in [0.5, 0.6) is 0 Å². The molecule has 0 atom stereocenters. The summed E-state index contributed by atoms with van der Waals surface area (Å²) in [5, 5.41) is 2.69. The highest BCUT2D eigenvalue weighted by Crippen LogP contribution is 2.17. The first-order valence-electron chi connectivity index (χ1n) is 8.95. The number of rotatable bonds is 11. The third-order valence-electron chi connectivity index (χ3n) is 4.21. The maximum Gasteiger partial charge on any atom is 0.0466 e. The first-order valence-corrected chi connectivity index (χ1v) is 8.95. The van der Waals surface area contributed by atoms with Crippen LogP contribution in [0.15, 0.2) is 42.5 Å². The van der Waals surface area contributed by atoms with Gasteiger partial charge < -0.3 is 4.74 Å². The average Bonchev–Trinajstić information content (AvgIpc) is 2.56. The Labute approximate surface area is 135 Å². The van der Waals surface area contributed by atoms with Gasteiger partial charge in [-0.1, -0.05) is 75.1 Å². The second-order valence-corrected chi connectivity index (χ2v) is 6.17. The van der Waals surface area contributed by atoms with Gasteiger partial charge in [0.25, 0.3) is 0 Å². The minimum absolute atomic E-state index is 0.934. The maximum absolute atomic E-state index is 5.69. The smallest absolute Gasteiger partial charge is 0.0466 e. The maximum atomic E-state index is 5.69. The molecule has 0 aromatic heterocycles. The van der Waals surface area contributed by atoms with E-state index in [1.807, 2.05) is 0 Å². The Bertz CT molecular complexity index is 532. The van der Waals surface area contributed by atoms with E-state index in [0.717, 1.165) is 13.2 Å². The van der Waals surface area contributed by atoms with Crippen LogP contribution < -0.4 is 0 Å². The van der Waals surface area contributed by atoms with Crippen LogP contribution in [0, 0.1) is 0 Å². The molecule has 0 fully saturated rings. The Kier molecular flexibility index (Phi) is 8.04. The molecule has 0 spiro atoms. The second-order valence-electron chi connectivity index (χ2n) is 6.17. The lowest BCUT2D eigenvalue weighted by Crippen LogP contribution is -1.97. The van der Waals surface area contributed by atoms with Gasteiger partial charge in [-0.2, -0.15) is 0 Å². The molecule has 2 aromatic rings. The fourth-order valence-corrected chi connectivity index (χ4v) is 2.84. The molecule has 0 bridgehead atoms. The summed E-state index contributed by atoms with van der Waals surface area (Å²) in [6.45, 7) is 4.13. The van der Waals surface area contributed by atoms with Gasteiger partial charge in [-0.3, -0.25) is 0 Å². The van der Waals surface area contributed by atoms with Gasteiger partial charge in [0.1, 0.15) is 0 Å². The highest BCUT2D eigenvalue weighted by molar-refractivity contribution is 5.82. The van der Waals surface area contributed by atoms with Crippen LogP contribution in [-0.2, 0) is 11.2 Å². The highest BCUT2D eigenvalue weighted by atomic mass is 16.5. The van der Waals surface area contributed by atoms with Gasteiger partial charge in [-0.05, 0) is 42.0 Å². The summed E-state index contributed by atoms with van der Waals surface area (Å²) in [6, 6.07) is 15.4. The zero-order valence-corrected chi connectivity index (χ0v) is 14.0. The average molecular weight is 298 g/mol. The Morgan fingerprint density at radius 1 is 0.727 bits per heavy atom. The molecule has 0 aliphatic rings. The predicted octanol–water partition coefficient (Wildman–Crippen LogP) is 6.15. The van der Waals surface area contributed by atoms with Gasteiger partial charge in [0.05, 0.1) is 0 Å². The summed E-state index contributed by atoms with van der Waals surface area (Å²) >= 11 is 0. The number of ether oxygens (including phenoxy) is 1. The first-order chi connectivity index (χ1) is 10.9. The molecule has 2 rings (SSSR count). The van der Waals surface area contributed by atoms with E-state index in [0.29, 0.717) is 0 Å². The van der Waals surface area contributed by atoms with E-state index >= 15 is 0 Å². The molecule has 0 amide bonds. The van der Waals surface area contributed by atoms with E-state index in [9.17, 15) is 0 Å². The van der Waals surface area contributed by atoms with Crippen LogP contribution in [0.3, 0.4) is 0 Å². The lowest BCUT2D eigenvalue weighted by Gasteiger charge is -2.05. The molecule has 1 nitrogen and oxygen atoms in total. The topological polar surface area (TPSA) is 9.23 Å². The van der Waals surface area contributed by atoms with Crippen molar-refractivity contribution in [2.75, 3.05) is 13.2 Å². The summed E-state index contributed by atoms with van der Waals surface area (Å²) in [7, 11) is 0. The van der Waals surface area contributed by atoms with Crippen LogP contribution in [-0.4, -0.2) is 13.2 Å². The minimum Gasteiger partial charge on any atom is -0.381 e. The van der Waals surface area contributed by atoms with Gasteiger partial charge in [0, 0.05) is 13.2 Å². The number of aryl methyl sites for hydroxylation is 1. The summed E-state index contributed by atoms with van der Waals surface area (Å²) < 4.78 is 5.69. The number of fused-ring (bicyclic) bond motifs is 1. The standard InChI is InChI=1S/C21H30O/c1-2-3-4-9-16-22-17-10-5-6-11-19-14-15-20-12-7-8-13-21(20)18-19/h7-8,12-15,18H,2-6,9-11,16-17H2,1H3. The molecule has 0 N–H and O–H groups in total. The summed E-state index contributed by atoms with van der Waals surface area (Å²) in [6.07, 6.45) is 10.1. The van der Waals surface area contributed by atoms with E-state index in [-0.39, 0.29) is 0 Å². The molecule has 120 valence electrons. The molecule has 0 saturated carbocycles. The number of hydrogen-bond acceptors (Lipinski definition) is 1. The van der Waals surface area contributed by atoms with E-state index in [4.69, 9.17) is 4.74 Å². The fraction of sp³-hybridized carbons (Fsp3) is 0.524. The Hall–Kier alpha value is -1.34. The summed E-state index contributed by atoms with van der Waals surface area (Å²) in [5.74, 6) is 0. The van der Waals surface area contributed by atoms with Crippen molar-refractivity contribution in [2.24, 2.45) is 0 Å². The van der Waals surface area contributed by atoms with Crippen LogP contribution in [0.25, 0.3) is 10.8 Å². The van der Waals surface area contributed by atoms with Crippen molar-refractivity contribution in [2.45, 2.75) is 58.3 Å². The van der Waals surface area contributed by atoms with Crippen molar-refractivity contribution in [1.82, 2.24) is 0 Å². The zero-order chi connectivity index (χ0) is 15.5. The summed E-state index contributed by atoms with van der Waals surface area (Å²) in [5.41, 5.74) is 1.46. The normalized spacial score (nSPS) is 11.1. The van der Waals surface area contributed by atoms with E-state index < -0.39 is 0 Å². The molecule has 22 heavy (non-hydrogen) atoms. The van der Waals surface area contributed by atoms with Crippen LogP contribution >= 0.6 is 0 Å². The molecule has 0 heterocycles. The van der Waals surface area contributed by atoms with Crippen LogP contribution in [0.2, 0.25) is 0 Å². The second kappa shape index (κ2) is 10.4. The number of hydrogen-bond donors (Lipinski definition) is 0. The third-order valence-corrected chi connectivity index (χ3v) is 4.21. The van der Waals surface area contributed by atoms with Gasteiger partial charge >= 0.3 is 0 Å². The van der Waals surface area contributed by atoms with Gasteiger partial charge in [-0.25, -0.2) is 0 Å². The van der Waals surface area contributed by atoms with Crippen LogP contribution in [0.1, 0.15) is 57.4 Å². The van der Waals surface area contributed by atoms with Crippen molar-refractivity contribution in [3.05, 3.63) is 48.0 Å². The van der Waals surface area contributed by atoms with Crippen LogP contribution in [0.4, 0.5) is 0 Å². The first kappa shape index (κ1) is 17.0. The van der Waals surface area contributed by atoms with E-state index in [1.165, 1.54) is 67.7 Å². The molecule has 0 radical (unpaired) electrons. The SMILES string of the molecule is CCCCCCOCCCCCc1ccc2ccccc2c1. The largest absolute Gasteiger partial charge is 0.381 e. The van der Waals surface area contributed by atoms with Crippen molar-refractivity contribution in [3.8, 4) is 0 Å². The van der Waals surface area contributed by atoms with E-state index in [1.54, 1.807) is 0 Å². The lowest BCUT2D eigenvalue weighted by atomic mass is 10.0. The Balaban J connectivity index is 1.54. The van der Waals surface area contributed by atoms with Crippen molar-refractivity contribution in [3.63, 3.8) is 0 Å².